The van der Waals surface area contributed by atoms with E-state index in [1.54, 1.807) is 56.3 Å². The lowest BCUT2D eigenvalue weighted by Gasteiger charge is -2.32. The molecule has 2 aromatic rings. The summed E-state index contributed by atoms with van der Waals surface area (Å²) < 4.78 is 5.54. The molecule has 0 fully saturated rings. The molecule has 0 aromatic heterocycles. The number of amides is 3. The van der Waals surface area contributed by atoms with Crippen LogP contribution in [0.25, 0.3) is 0 Å². The number of benzene rings is 2. The first kappa shape index (κ1) is 19.7. The van der Waals surface area contributed by atoms with E-state index in [2.05, 4.69) is 10.6 Å². The third-order valence-corrected chi connectivity index (χ3v) is 4.77. The molecular weight excluding hydrogens is 382 g/mol. The van der Waals surface area contributed by atoms with E-state index in [0.717, 1.165) is 5.56 Å². The van der Waals surface area contributed by atoms with E-state index in [-0.39, 0.29) is 24.9 Å². The van der Waals surface area contributed by atoms with Crippen molar-refractivity contribution in [3.05, 3.63) is 53.1 Å². The summed E-state index contributed by atoms with van der Waals surface area (Å²) in [6, 6.07) is 12.2. The zero-order chi connectivity index (χ0) is 20.3. The van der Waals surface area contributed by atoms with E-state index in [9.17, 15) is 14.4 Å². The number of hydrogen-bond donors (Lipinski definition) is 2. The first-order valence-corrected chi connectivity index (χ1v) is 9.13. The quantitative estimate of drug-likeness (QED) is 0.805. The van der Waals surface area contributed by atoms with Crippen molar-refractivity contribution in [2.24, 2.45) is 0 Å². The SMILES string of the molecule is Cc1c(Cl)cccc1NC(=O)CNC(=O)CN1C(=O)C(C)Oc2ccccc21. The van der Waals surface area contributed by atoms with Crippen LogP contribution in [0.1, 0.15) is 12.5 Å². The molecule has 0 aliphatic carbocycles. The van der Waals surface area contributed by atoms with Crippen molar-refractivity contribution in [2.75, 3.05) is 23.3 Å². The van der Waals surface area contributed by atoms with Crippen LogP contribution in [0.15, 0.2) is 42.5 Å². The smallest absolute Gasteiger partial charge is 0.268 e. The summed E-state index contributed by atoms with van der Waals surface area (Å²) in [5.74, 6) is -0.611. The van der Waals surface area contributed by atoms with E-state index in [1.165, 1.54) is 4.90 Å². The fourth-order valence-electron chi connectivity index (χ4n) is 2.84. The largest absolute Gasteiger partial charge is 0.479 e. The van der Waals surface area contributed by atoms with Crippen molar-refractivity contribution in [2.45, 2.75) is 20.0 Å². The maximum atomic E-state index is 12.4. The lowest BCUT2D eigenvalue weighted by molar-refractivity contribution is -0.128. The van der Waals surface area contributed by atoms with Crippen LogP contribution in [0.5, 0.6) is 5.75 Å². The number of carbonyl (C=O) groups is 3. The molecule has 2 aromatic carbocycles. The monoisotopic (exact) mass is 401 g/mol. The Morgan fingerprint density at radius 1 is 1.14 bits per heavy atom. The molecular formula is C20H20ClN3O4. The molecule has 8 heteroatoms. The van der Waals surface area contributed by atoms with Gasteiger partial charge in [0.2, 0.25) is 11.8 Å². The Hall–Kier alpha value is -3.06. The van der Waals surface area contributed by atoms with Crippen LogP contribution in [-0.2, 0) is 14.4 Å². The van der Waals surface area contributed by atoms with Crippen LogP contribution < -0.4 is 20.3 Å². The lowest BCUT2D eigenvalue weighted by atomic mass is 10.2. The molecule has 0 saturated heterocycles. The molecule has 146 valence electrons. The van der Waals surface area contributed by atoms with Gasteiger partial charge in [-0.15, -0.1) is 0 Å². The van der Waals surface area contributed by atoms with E-state index in [0.29, 0.717) is 22.1 Å². The highest BCUT2D eigenvalue weighted by molar-refractivity contribution is 6.31. The highest BCUT2D eigenvalue weighted by atomic mass is 35.5. The van der Waals surface area contributed by atoms with Crippen LogP contribution in [0, 0.1) is 6.92 Å². The van der Waals surface area contributed by atoms with E-state index in [1.807, 2.05) is 0 Å². The molecule has 7 nitrogen and oxygen atoms in total. The summed E-state index contributed by atoms with van der Waals surface area (Å²) >= 11 is 6.03. The second-order valence-corrected chi connectivity index (χ2v) is 6.80. The number of rotatable bonds is 5. The summed E-state index contributed by atoms with van der Waals surface area (Å²) in [6.07, 6.45) is -0.684. The van der Waals surface area contributed by atoms with Crippen molar-refractivity contribution in [1.82, 2.24) is 5.32 Å². The highest BCUT2D eigenvalue weighted by Crippen LogP contribution is 2.33. The first-order chi connectivity index (χ1) is 13.4. The van der Waals surface area contributed by atoms with Gasteiger partial charge in [0.05, 0.1) is 12.2 Å². The number of nitrogens with zero attached hydrogens (tertiary/aromatic N) is 1. The first-order valence-electron chi connectivity index (χ1n) is 8.75. The fourth-order valence-corrected chi connectivity index (χ4v) is 3.01. The molecule has 1 aliphatic rings. The van der Waals surface area contributed by atoms with Crippen LogP contribution in [0.2, 0.25) is 5.02 Å². The van der Waals surface area contributed by atoms with Crippen LogP contribution >= 0.6 is 11.6 Å². The van der Waals surface area contributed by atoms with Gasteiger partial charge < -0.3 is 15.4 Å². The van der Waals surface area contributed by atoms with Crippen LogP contribution in [0.4, 0.5) is 11.4 Å². The molecule has 1 unspecified atom stereocenters. The third-order valence-electron chi connectivity index (χ3n) is 4.36. The number of hydrogen-bond acceptors (Lipinski definition) is 4. The zero-order valence-corrected chi connectivity index (χ0v) is 16.2. The van der Waals surface area contributed by atoms with E-state index >= 15 is 0 Å². The molecule has 1 heterocycles. The topological polar surface area (TPSA) is 87.7 Å². The second kappa shape index (κ2) is 8.31. The number of fused-ring (bicyclic) bond motifs is 1. The Bertz CT molecular complexity index is 931. The Kier molecular flexibility index (Phi) is 5.84. The van der Waals surface area contributed by atoms with Crippen LogP contribution in [-0.4, -0.2) is 36.9 Å². The average Bonchev–Trinajstić information content (AvgIpc) is 2.67. The van der Waals surface area contributed by atoms with Crippen molar-refractivity contribution >= 4 is 40.7 Å². The molecule has 0 bridgehead atoms. The van der Waals surface area contributed by atoms with Gasteiger partial charge in [-0.3, -0.25) is 19.3 Å². The third kappa shape index (κ3) is 4.26. The zero-order valence-electron chi connectivity index (χ0n) is 15.5. The maximum absolute atomic E-state index is 12.4. The molecule has 2 N–H and O–H groups in total. The molecule has 1 atom stereocenters. The molecule has 3 rings (SSSR count). The van der Waals surface area contributed by atoms with E-state index in [4.69, 9.17) is 16.3 Å². The van der Waals surface area contributed by atoms with Crippen LogP contribution in [0.3, 0.4) is 0 Å². The number of nitrogens with one attached hydrogen (secondary N) is 2. The molecule has 28 heavy (non-hydrogen) atoms. The van der Waals surface area contributed by atoms with Crippen molar-refractivity contribution in [1.29, 1.82) is 0 Å². The van der Waals surface area contributed by atoms with Gasteiger partial charge in [-0.05, 0) is 43.7 Å². The maximum Gasteiger partial charge on any atom is 0.268 e. The van der Waals surface area contributed by atoms with Crippen molar-refractivity contribution in [3.8, 4) is 5.75 Å². The Morgan fingerprint density at radius 3 is 2.68 bits per heavy atom. The minimum absolute atomic E-state index is 0.201. The van der Waals surface area contributed by atoms with Gasteiger partial charge in [-0.1, -0.05) is 29.8 Å². The number of halogens is 1. The second-order valence-electron chi connectivity index (χ2n) is 6.39. The summed E-state index contributed by atoms with van der Waals surface area (Å²) in [6.45, 7) is 3.00. The minimum Gasteiger partial charge on any atom is -0.479 e. The van der Waals surface area contributed by atoms with Gasteiger partial charge in [-0.2, -0.15) is 0 Å². The van der Waals surface area contributed by atoms with Crippen molar-refractivity contribution in [3.63, 3.8) is 0 Å². The summed E-state index contributed by atoms with van der Waals surface area (Å²) in [5, 5.41) is 5.78. The Balaban J connectivity index is 1.59. The summed E-state index contributed by atoms with van der Waals surface area (Å²) in [5.41, 5.74) is 1.85. The van der Waals surface area contributed by atoms with Gasteiger partial charge >= 0.3 is 0 Å². The molecule has 3 amide bonds. The van der Waals surface area contributed by atoms with Crippen molar-refractivity contribution < 1.29 is 19.1 Å². The number of para-hydroxylation sites is 2. The number of ether oxygens (including phenoxy) is 1. The average molecular weight is 402 g/mol. The Morgan fingerprint density at radius 2 is 1.89 bits per heavy atom. The Labute approximate surface area is 167 Å². The van der Waals surface area contributed by atoms with Gasteiger partial charge in [0, 0.05) is 10.7 Å². The lowest BCUT2D eigenvalue weighted by Crippen LogP contribution is -2.49. The van der Waals surface area contributed by atoms with Gasteiger partial charge in [0.15, 0.2) is 6.10 Å². The summed E-state index contributed by atoms with van der Waals surface area (Å²) in [7, 11) is 0. The predicted octanol–water partition coefficient (Wildman–Crippen LogP) is 2.52. The fraction of sp³-hybridized carbons (Fsp3) is 0.250. The normalized spacial score (nSPS) is 15.5. The van der Waals surface area contributed by atoms with Gasteiger partial charge in [0.25, 0.3) is 5.91 Å². The summed E-state index contributed by atoms with van der Waals surface area (Å²) in [4.78, 5) is 38.2. The minimum atomic E-state index is -0.684. The standard InChI is InChI=1S/C20H20ClN3O4/c1-12-14(21)6-5-7-15(12)23-18(25)10-22-19(26)11-24-16-8-3-4-9-17(16)28-13(2)20(24)27/h3-9,13H,10-11H2,1-2H3,(H,22,26)(H,23,25). The van der Waals surface area contributed by atoms with Gasteiger partial charge in [-0.25, -0.2) is 0 Å². The molecule has 0 spiro atoms. The number of carbonyl (C=O) groups excluding carboxylic acids is 3. The molecule has 0 radical (unpaired) electrons. The van der Waals surface area contributed by atoms with E-state index < -0.39 is 12.0 Å². The van der Waals surface area contributed by atoms with Gasteiger partial charge in [0.1, 0.15) is 12.3 Å². The highest BCUT2D eigenvalue weighted by Gasteiger charge is 2.32. The molecule has 1 aliphatic heterocycles. The predicted molar refractivity (Wildman–Crippen MR) is 107 cm³/mol. The molecule has 0 saturated carbocycles. The number of anilines is 2.